The molecule has 5 heterocycles. The average molecular weight is 595 g/mol. The Morgan fingerprint density at radius 3 is 2.07 bits per heavy atom. The quantitative estimate of drug-likeness (QED) is 0.247. The van der Waals surface area contributed by atoms with Crippen molar-refractivity contribution >= 4 is 29.2 Å². The molecule has 1 fully saturated rings. The highest BCUT2D eigenvalue weighted by atomic mass is 35.5. The van der Waals surface area contributed by atoms with Crippen LogP contribution in [0.5, 0.6) is 0 Å². The normalized spacial score (nSPS) is 15.4. The highest BCUT2D eigenvalue weighted by Crippen LogP contribution is 2.36. The average Bonchev–Trinajstić information content (AvgIpc) is 3.27. The first-order valence-corrected chi connectivity index (χ1v) is 13.8. The minimum atomic E-state index is -4.52. The molecule has 2 aliphatic rings. The van der Waals surface area contributed by atoms with Crippen LogP contribution < -0.4 is 4.90 Å². The molecule has 6 rings (SSSR count). The van der Waals surface area contributed by atoms with E-state index >= 15 is 0 Å². The lowest BCUT2D eigenvalue weighted by molar-refractivity contribution is -0.137. The first-order valence-electron chi connectivity index (χ1n) is 13.4. The number of carbonyl (C=O) groups excluding carboxylic acids is 2. The van der Waals surface area contributed by atoms with E-state index in [9.17, 15) is 22.8 Å². The predicted octanol–water partition coefficient (Wildman–Crippen LogP) is 6.56. The van der Waals surface area contributed by atoms with Gasteiger partial charge in [-0.05, 0) is 43.2 Å². The second kappa shape index (κ2) is 11.8. The minimum absolute atomic E-state index is 0.208. The first-order chi connectivity index (χ1) is 20.2. The van der Waals surface area contributed by atoms with Crippen LogP contribution in [0.2, 0.25) is 5.02 Å². The summed E-state index contributed by atoms with van der Waals surface area (Å²) in [6.45, 7) is 5.02. The molecular formula is C30H26ClF3N6O2. The van der Waals surface area contributed by atoms with Crippen molar-refractivity contribution in [1.82, 2.24) is 24.8 Å². The number of aromatic nitrogens is 4. The maximum absolute atomic E-state index is 13.1. The number of nitrogens with zero attached hydrogens (tertiary/aromatic N) is 6. The molecule has 0 radical (unpaired) electrons. The van der Waals surface area contributed by atoms with Crippen LogP contribution in [0.15, 0.2) is 67.3 Å². The second-order valence-electron chi connectivity index (χ2n) is 9.45. The molecule has 2 aliphatic heterocycles. The topological polar surface area (TPSA) is 92.2 Å². The van der Waals surface area contributed by atoms with E-state index in [-0.39, 0.29) is 29.2 Å². The van der Waals surface area contributed by atoms with Gasteiger partial charge in [-0.2, -0.15) is 13.2 Å². The monoisotopic (exact) mass is 594 g/mol. The number of fused-ring (bicyclic) bond motifs is 1. The summed E-state index contributed by atoms with van der Waals surface area (Å²) in [7, 11) is 0. The number of alkyl halides is 3. The second-order valence-corrected chi connectivity index (χ2v) is 9.86. The highest BCUT2D eigenvalue weighted by molar-refractivity contribution is 6.33. The summed E-state index contributed by atoms with van der Waals surface area (Å²) in [4.78, 5) is 46.5. The Hall–Kier alpha value is -4.38. The molecule has 216 valence electrons. The zero-order valence-electron chi connectivity index (χ0n) is 22.8. The van der Waals surface area contributed by atoms with E-state index in [1.165, 1.54) is 29.6 Å². The number of hydrogen-bond donors (Lipinski definition) is 0. The first kappa shape index (κ1) is 29.1. The fraction of sp³-hybridized carbons (Fsp3) is 0.267. The molecule has 4 aromatic rings. The van der Waals surface area contributed by atoms with Gasteiger partial charge >= 0.3 is 6.18 Å². The zero-order chi connectivity index (χ0) is 30.0. The van der Waals surface area contributed by atoms with Gasteiger partial charge in [0.1, 0.15) is 17.2 Å². The van der Waals surface area contributed by atoms with E-state index in [0.29, 0.717) is 59.2 Å². The van der Waals surface area contributed by atoms with Gasteiger partial charge in [0.2, 0.25) is 0 Å². The van der Waals surface area contributed by atoms with Crippen LogP contribution in [-0.4, -0.2) is 55.8 Å². The van der Waals surface area contributed by atoms with Gasteiger partial charge in [-0.3, -0.25) is 24.5 Å². The molecule has 3 aromatic heterocycles. The van der Waals surface area contributed by atoms with E-state index < -0.39 is 11.7 Å². The third-order valence-corrected chi connectivity index (χ3v) is 7.40. The summed E-state index contributed by atoms with van der Waals surface area (Å²) in [6.07, 6.45) is 1.84. The number of hydrogen-bond acceptors (Lipinski definition) is 7. The van der Waals surface area contributed by atoms with Gasteiger partial charge in [0.25, 0.3) is 11.8 Å². The van der Waals surface area contributed by atoms with Crippen LogP contribution in [0.4, 0.5) is 19.0 Å². The van der Waals surface area contributed by atoms with Crippen LogP contribution >= 0.6 is 11.6 Å². The van der Waals surface area contributed by atoms with Gasteiger partial charge in [-0.25, -0.2) is 9.97 Å². The standard InChI is InChI=1S/C28H20ClF3N6O2.C2H6/c29-21-14-33-10-7-20(21)24-25(22-6-5-16(13-34-22)28(30,31)32)35-15-23(36-24)37-11-8-17(9-12-37)38-26(39)18-3-1-2-4-19(18)27(38)40;1-2/h1-7,10,13-15,17H,8-9,11-12H2;1-2H3. The van der Waals surface area contributed by atoms with Crippen LogP contribution in [0.3, 0.4) is 0 Å². The van der Waals surface area contributed by atoms with E-state index in [0.717, 1.165) is 12.3 Å². The third kappa shape index (κ3) is 5.44. The fourth-order valence-corrected chi connectivity index (χ4v) is 5.28. The summed E-state index contributed by atoms with van der Waals surface area (Å²) in [5.74, 6) is -0.0249. The van der Waals surface area contributed by atoms with Gasteiger partial charge in [-0.1, -0.05) is 37.6 Å². The van der Waals surface area contributed by atoms with Crippen molar-refractivity contribution in [3.05, 3.63) is 89.0 Å². The van der Waals surface area contributed by atoms with E-state index in [1.807, 2.05) is 18.7 Å². The van der Waals surface area contributed by atoms with Gasteiger partial charge in [0.15, 0.2) is 0 Å². The Kier molecular flexibility index (Phi) is 8.22. The SMILES string of the molecule is CC.O=C1c2ccccc2C(=O)N1C1CCN(c2cnc(-c3ccc(C(F)(F)F)cn3)c(-c3ccncc3Cl)n2)CC1. The summed E-state index contributed by atoms with van der Waals surface area (Å²) < 4.78 is 39.2. The molecule has 0 unspecified atom stereocenters. The molecular weight excluding hydrogens is 569 g/mol. The number of pyridine rings is 2. The van der Waals surface area contributed by atoms with Crippen LogP contribution in [0, 0.1) is 0 Å². The number of amides is 2. The molecule has 8 nitrogen and oxygen atoms in total. The molecule has 0 saturated carbocycles. The van der Waals surface area contributed by atoms with Crippen molar-refractivity contribution in [2.45, 2.75) is 38.9 Å². The van der Waals surface area contributed by atoms with E-state index in [4.69, 9.17) is 16.6 Å². The zero-order valence-corrected chi connectivity index (χ0v) is 23.5. The molecule has 1 aromatic carbocycles. The molecule has 0 aliphatic carbocycles. The molecule has 42 heavy (non-hydrogen) atoms. The number of anilines is 1. The van der Waals surface area contributed by atoms with Crippen molar-refractivity contribution in [1.29, 1.82) is 0 Å². The Balaban J connectivity index is 0.00000173. The summed E-state index contributed by atoms with van der Waals surface area (Å²) in [6, 6.07) is 10.4. The molecule has 0 bridgehead atoms. The van der Waals surface area contributed by atoms with Gasteiger partial charge < -0.3 is 4.90 Å². The van der Waals surface area contributed by atoms with Gasteiger partial charge in [0, 0.05) is 43.3 Å². The van der Waals surface area contributed by atoms with Crippen molar-refractivity contribution in [2.75, 3.05) is 18.0 Å². The largest absolute Gasteiger partial charge is 0.417 e. The number of rotatable bonds is 4. The van der Waals surface area contributed by atoms with Crippen molar-refractivity contribution in [2.24, 2.45) is 0 Å². The van der Waals surface area contributed by atoms with Crippen LogP contribution in [0.25, 0.3) is 22.6 Å². The number of piperidine rings is 1. The summed E-state index contributed by atoms with van der Waals surface area (Å²) in [5, 5.41) is 0.298. The fourth-order valence-electron chi connectivity index (χ4n) is 5.07. The molecule has 1 saturated heterocycles. The van der Waals surface area contributed by atoms with E-state index in [1.54, 1.807) is 30.3 Å². The smallest absolute Gasteiger partial charge is 0.355 e. The summed E-state index contributed by atoms with van der Waals surface area (Å²) in [5.41, 5.74) is 1.30. The van der Waals surface area contributed by atoms with Crippen LogP contribution in [-0.2, 0) is 6.18 Å². The van der Waals surface area contributed by atoms with E-state index in [2.05, 4.69) is 15.0 Å². The molecule has 0 spiro atoms. The Morgan fingerprint density at radius 1 is 0.833 bits per heavy atom. The van der Waals surface area contributed by atoms with Crippen LogP contribution in [0.1, 0.15) is 53.0 Å². The number of halogens is 4. The molecule has 12 heteroatoms. The Bertz CT molecular complexity index is 1590. The predicted molar refractivity (Wildman–Crippen MR) is 152 cm³/mol. The lowest BCUT2D eigenvalue weighted by atomic mass is 10.0. The van der Waals surface area contributed by atoms with Gasteiger partial charge in [-0.15, -0.1) is 0 Å². The van der Waals surface area contributed by atoms with Crippen molar-refractivity contribution < 1.29 is 22.8 Å². The number of imide groups is 1. The lowest BCUT2D eigenvalue weighted by Crippen LogP contribution is -2.47. The molecule has 2 amide bonds. The summed E-state index contributed by atoms with van der Waals surface area (Å²) >= 11 is 6.42. The highest BCUT2D eigenvalue weighted by Gasteiger charge is 2.41. The molecule has 0 N–H and O–H groups in total. The van der Waals surface area contributed by atoms with Crippen molar-refractivity contribution in [3.63, 3.8) is 0 Å². The third-order valence-electron chi connectivity index (χ3n) is 7.10. The minimum Gasteiger partial charge on any atom is -0.355 e. The van der Waals surface area contributed by atoms with Crippen molar-refractivity contribution in [3.8, 4) is 22.6 Å². The van der Waals surface area contributed by atoms with Gasteiger partial charge in [0.05, 0.1) is 33.6 Å². The maximum atomic E-state index is 13.1. The Labute approximate surface area is 245 Å². The maximum Gasteiger partial charge on any atom is 0.417 e. The molecule has 0 atom stereocenters. The lowest BCUT2D eigenvalue weighted by Gasteiger charge is -2.36. The number of benzene rings is 1. The Morgan fingerprint density at radius 2 is 1.50 bits per heavy atom. The number of carbonyl (C=O) groups is 2.